The Kier molecular flexibility index (Phi) is 11.0. The van der Waals surface area contributed by atoms with E-state index in [4.69, 9.17) is 29.4 Å². The highest BCUT2D eigenvalue weighted by atomic mass is 16.5. The molecule has 1 aliphatic heterocycles. The monoisotopic (exact) mass is 572 g/mol. The summed E-state index contributed by atoms with van der Waals surface area (Å²) in [5, 5.41) is 26.1. The van der Waals surface area contributed by atoms with E-state index in [9.17, 15) is 19.5 Å². The van der Waals surface area contributed by atoms with E-state index in [1.807, 2.05) is 31.1 Å². The number of hydrogen-bond acceptors (Lipinski definition) is 11. The third-order valence-electron chi connectivity index (χ3n) is 6.78. The highest BCUT2D eigenvalue weighted by molar-refractivity contribution is 6.32. The van der Waals surface area contributed by atoms with Crippen LogP contribution in [0.5, 0.6) is 11.6 Å². The van der Waals surface area contributed by atoms with Crippen molar-refractivity contribution in [3.8, 4) is 11.6 Å². The Bertz CT molecular complexity index is 1280. The number of hydrogen-bond donors (Lipinski definition) is 3. The molecule has 41 heavy (non-hydrogen) atoms. The van der Waals surface area contributed by atoms with E-state index in [0.29, 0.717) is 30.8 Å². The van der Waals surface area contributed by atoms with Crippen molar-refractivity contribution < 1.29 is 43.9 Å². The van der Waals surface area contributed by atoms with Crippen LogP contribution in [0.2, 0.25) is 0 Å². The van der Waals surface area contributed by atoms with Crippen LogP contribution in [0, 0.1) is 0 Å². The highest BCUT2D eigenvalue weighted by Crippen LogP contribution is 2.41. The molecule has 0 amide bonds. The van der Waals surface area contributed by atoms with Gasteiger partial charge in [-0.1, -0.05) is 6.07 Å². The van der Waals surface area contributed by atoms with Gasteiger partial charge < -0.3 is 34.4 Å². The van der Waals surface area contributed by atoms with E-state index in [-0.39, 0.29) is 18.1 Å². The number of benzene rings is 1. The number of ether oxygens (including phenoxy) is 3. The molecule has 13 heteroatoms. The van der Waals surface area contributed by atoms with Gasteiger partial charge in [-0.15, -0.1) is 0 Å². The van der Waals surface area contributed by atoms with E-state index in [0.717, 1.165) is 36.1 Å². The lowest BCUT2D eigenvalue weighted by molar-refractivity contribution is -0.149. The van der Waals surface area contributed by atoms with Crippen molar-refractivity contribution in [3.63, 3.8) is 0 Å². The highest BCUT2D eigenvalue weighted by Gasteiger charge is 2.36. The molecule has 4 rings (SSSR count). The predicted octanol–water partition coefficient (Wildman–Crippen LogP) is 2.08. The van der Waals surface area contributed by atoms with Gasteiger partial charge in [-0.2, -0.15) is 4.98 Å². The molecule has 1 aliphatic carbocycles. The van der Waals surface area contributed by atoms with E-state index < -0.39 is 30.6 Å². The number of carbonyl (C=O) groups excluding carboxylic acids is 1. The van der Waals surface area contributed by atoms with Crippen LogP contribution in [-0.4, -0.2) is 96.0 Å². The van der Waals surface area contributed by atoms with Crippen LogP contribution < -0.4 is 14.4 Å². The van der Waals surface area contributed by atoms with Crippen LogP contribution in [0.25, 0.3) is 0 Å². The number of aliphatic hydroxyl groups is 1. The number of Topliss-reactive ketones (excluding diaryl/α,β-unsaturated/α-hetero) is 1. The molecule has 2 heterocycles. The van der Waals surface area contributed by atoms with Gasteiger partial charge in [0.1, 0.15) is 5.75 Å². The molecule has 1 fully saturated rings. The Morgan fingerprint density at radius 3 is 2.46 bits per heavy atom. The second kappa shape index (κ2) is 14.4. The van der Waals surface area contributed by atoms with Crippen LogP contribution in [-0.2, 0) is 25.5 Å². The lowest BCUT2D eigenvalue weighted by Crippen LogP contribution is -2.34. The predicted molar refractivity (Wildman–Crippen MR) is 148 cm³/mol. The first kappa shape index (κ1) is 31.3. The smallest absolute Gasteiger partial charge is 0.372 e. The first-order valence-electron chi connectivity index (χ1n) is 13.2. The molecule has 0 bridgehead atoms. The number of aliphatic carboxylic acids is 2. The molecule has 13 nitrogen and oxygen atoms in total. The lowest BCUT2D eigenvalue weighted by Gasteiger charge is -2.36. The fraction of sp³-hybridized carbons (Fsp3) is 0.500. The number of aliphatic imine (C=N–C) groups is 1. The molecule has 1 aromatic heterocycles. The van der Waals surface area contributed by atoms with Gasteiger partial charge in [-0.05, 0) is 37.0 Å². The topological polar surface area (TPSA) is 181 Å². The van der Waals surface area contributed by atoms with Gasteiger partial charge in [0, 0.05) is 50.2 Å². The number of aliphatic hydroxyl groups excluding tert-OH is 1. The van der Waals surface area contributed by atoms with Gasteiger partial charge in [-0.25, -0.2) is 14.8 Å². The van der Waals surface area contributed by atoms with Crippen molar-refractivity contribution in [3.05, 3.63) is 41.1 Å². The Labute approximate surface area is 237 Å². The molecule has 3 atom stereocenters. The van der Waals surface area contributed by atoms with Crippen LogP contribution in [0.3, 0.4) is 0 Å². The molecule has 0 saturated heterocycles. The van der Waals surface area contributed by atoms with Crippen LogP contribution in [0.1, 0.15) is 54.7 Å². The Morgan fingerprint density at radius 1 is 1.07 bits per heavy atom. The Hall–Kier alpha value is -4.26. The van der Waals surface area contributed by atoms with Crippen molar-refractivity contribution in [1.29, 1.82) is 0 Å². The normalized spacial score (nSPS) is 18.9. The van der Waals surface area contributed by atoms with Crippen LogP contribution in [0.15, 0.2) is 29.4 Å². The van der Waals surface area contributed by atoms with Gasteiger partial charge in [0.25, 0.3) is 0 Å². The third kappa shape index (κ3) is 8.37. The minimum Gasteiger partial charge on any atom is -0.497 e. The van der Waals surface area contributed by atoms with Crippen molar-refractivity contribution >= 4 is 29.6 Å². The van der Waals surface area contributed by atoms with Gasteiger partial charge >= 0.3 is 11.9 Å². The van der Waals surface area contributed by atoms with Gasteiger partial charge in [-0.3, -0.25) is 9.59 Å². The summed E-state index contributed by atoms with van der Waals surface area (Å²) in [4.78, 5) is 45.3. The molecule has 2 aliphatic rings. The first-order chi connectivity index (χ1) is 19.5. The second-order valence-corrected chi connectivity index (χ2v) is 9.85. The average molecular weight is 573 g/mol. The average Bonchev–Trinajstić information content (AvgIpc) is 2.96. The maximum Gasteiger partial charge on any atom is 0.372 e. The van der Waals surface area contributed by atoms with Crippen molar-refractivity contribution in [1.82, 2.24) is 9.97 Å². The second-order valence-electron chi connectivity index (χ2n) is 9.85. The largest absolute Gasteiger partial charge is 0.497 e. The number of anilines is 1. The zero-order valence-electron chi connectivity index (χ0n) is 23.6. The number of ketones is 1. The van der Waals surface area contributed by atoms with Gasteiger partial charge in [0.15, 0.2) is 0 Å². The lowest BCUT2D eigenvalue weighted by atomic mass is 9.75. The summed E-state index contributed by atoms with van der Waals surface area (Å²) < 4.78 is 17.0. The molecule has 0 unspecified atom stereocenters. The number of methoxy groups -OCH3 is 2. The molecule has 2 aromatic rings. The summed E-state index contributed by atoms with van der Waals surface area (Å²) in [6, 6.07) is 6.16. The zero-order valence-corrected chi connectivity index (χ0v) is 23.6. The van der Waals surface area contributed by atoms with E-state index in [2.05, 4.69) is 16.0 Å². The quantitative estimate of drug-likeness (QED) is 0.353. The molecule has 0 radical (unpaired) electrons. The van der Waals surface area contributed by atoms with Gasteiger partial charge in [0.05, 0.1) is 39.4 Å². The minimum absolute atomic E-state index is 0.136. The van der Waals surface area contributed by atoms with E-state index >= 15 is 0 Å². The number of aromatic nitrogens is 2. The van der Waals surface area contributed by atoms with E-state index in [1.165, 1.54) is 5.56 Å². The summed E-state index contributed by atoms with van der Waals surface area (Å²) in [7, 11) is 7.04. The first-order valence-corrected chi connectivity index (χ1v) is 13.2. The summed E-state index contributed by atoms with van der Waals surface area (Å²) in [5.41, 5.74) is 3.00. The van der Waals surface area contributed by atoms with Gasteiger partial charge in [0.2, 0.25) is 23.5 Å². The maximum absolute atomic E-state index is 10.2. The molecular weight excluding hydrogens is 536 g/mol. The minimum atomic E-state index is -1.58. The van der Waals surface area contributed by atoms with Crippen LogP contribution >= 0.6 is 0 Å². The number of fused-ring (bicyclic) bond motifs is 3. The molecular formula is C28H36N4O9. The number of nitrogens with zero attached hydrogens (tertiary/aromatic N) is 4. The summed E-state index contributed by atoms with van der Waals surface area (Å²) >= 11 is 0. The molecule has 1 aromatic carbocycles. The summed E-state index contributed by atoms with van der Waals surface area (Å²) in [6.07, 6.45) is 3.61. The number of carboxylic acid groups (broad SMARTS) is 2. The summed E-state index contributed by atoms with van der Waals surface area (Å²) in [5.74, 6) is -1.06. The van der Waals surface area contributed by atoms with Crippen molar-refractivity contribution in [2.45, 2.75) is 56.6 Å². The Balaban J connectivity index is 0.000000397. The standard InChI is InChI=1S/C23H30N4O4.C5H6O5/c1-27(2)23-24-13-14(21(26-23)30-4)9-10-31-22-19-12-16(29-3)6-7-17(19)18-11-15(28)5-8-20(18)25-22;6-3(5(9)10)1-2-4(7)8/h6-7,12-13,15,18,20,28H,5,8-11H2,1-4H3;1-2H2,(H,7,8)(H,9,10)/t15-,18-,20-;/m1./s1. The van der Waals surface area contributed by atoms with Crippen molar-refractivity contribution in [2.75, 3.05) is 39.8 Å². The number of carboxylic acids is 2. The van der Waals surface area contributed by atoms with Crippen molar-refractivity contribution in [2.24, 2.45) is 4.99 Å². The summed E-state index contributed by atoms with van der Waals surface area (Å²) in [6.45, 7) is 0.427. The SMILES string of the molecule is COc1ccc2c(c1)C(OCCc1cnc(N(C)C)nc1OC)=N[C@@H]1CC[C@@H](O)C[C@H]21.O=C(O)CCC(=O)C(=O)O. The molecule has 1 saturated carbocycles. The molecule has 0 spiro atoms. The Morgan fingerprint density at radius 2 is 1.83 bits per heavy atom. The van der Waals surface area contributed by atoms with Crippen LogP contribution in [0.4, 0.5) is 5.95 Å². The molecule has 3 N–H and O–H groups in total. The fourth-order valence-electron chi connectivity index (χ4n) is 4.66. The zero-order chi connectivity index (χ0) is 30.1. The maximum atomic E-state index is 10.2. The number of rotatable bonds is 10. The molecule has 222 valence electrons. The fourth-order valence-corrected chi connectivity index (χ4v) is 4.66. The third-order valence-corrected chi connectivity index (χ3v) is 6.78. The van der Waals surface area contributed by atoms with E-state index in [1.54, 1.807) is 20.4 Å². The number of carbonyl (C=O) groups is 3.